The molecular formula is C24H37NO. The van der Waals surface area contributed by atoms with Crippen LogP contribution in [0.3, 0.4) is 0 Å². The van der Waals surface area contributed by atoms with Gasteiger partial charge in [-0.25, -0.2) is 0 Å². The third-order valence-electron chi connectivity index (χ3n) is 5.88. The summed E-state index contributed by atoms with van der Waals surface area (Å²) in [5, 5.41) is 8.86. The SMILES string of the molecule is CCCCC(CC(=O)C(C)(C)C)c1ccccc1C(=N)C1CCCCC1. The molecule has 0 aromatic heterocycles. The fraction of sp³-hybridized carbons (Fsp3) is 0.667. The molecule has 26 heavy (non-hydrogen) atoms. The molecule has 2 nitrogen and oxygen atoms in total. The Balaban J connectivity index is 2.29. The van der Waals surface area contributed by atoms with E-state index in [1.807, 2.05) is 20.8 Å². The molecule has 1 atom stereocenters. The van der Waals surface area contributed by atoms with Crippen LogP contribution in [0.2, 0.25) is 0 Å². The monoisotopic (exact) mass is 355 g/mol. The molecule has 0 amide bonds. The lowest BCUT2D eigenvalue weighted by atomic mass is 9.77. The van der Waals surface area contributed by atoms with Crippen LogP contribution in [0, 0.1) is 16.7 Å². The first kappa shape index (κ1) is 20.9. The third kappa shape index (κ3) is 5.53. The van der Waals surface area contributed by atoms with Crippen molar-refractivity contribution in [1.29, 1.82) is 5.41 Å². The summed E-state index contributed by atoms with van der Waals surface area (Å²) in [6, 6.07) is 8.42. The number of rotatable bonds is 8. The molecule has 0 spiro atoms. The number of hydrogen-bond acceptors (Lipinski definition) is 2. The smallest absolute Gasteiger partial charge is 0.138 e. The molecule has 1 aromatic rings. The maximum absolute atomic E-state index is 12.7. The van der Waals surface area contributed by atoms with Crippen molar-refractivity contribution in [3.8, 4) is 0 Å². The number of benzene rings is 1. The van der Waals surface area contributed by atoms with Gasteiger partial charge in [-0.05, 0) is 36.3 Å². The summed E-state index contributed by atoms with van der Waals surface area (Å²) in [7, 11) is 0. The summed E-state index contributed by atoms with van der Waals surface area (Å²) in [5.41, 5.74) is 2.84. The van der Waals surface area contributed by atoms with E-state index in [1.165, 1.54) is 24.8 Å². The van der Waals surface area contributed by atoms with Crippen LogP contribution in [-0.2, 0) is 4.79 Å². The highest BCUT2D eigenvalue weighted by molar-refractivity contribution is 6.01. The van der Waals surface area contributed by atoms with Crippen molar-refractivity contribution in [1.82, 2.24) is 0 Å². The van der Waals surface area contributed by atoms with Gasteiger partial charge in [0.15, 0.2) is 0 Å². The summed E-state index contributed by atoms with van der Waals surface area (Å²) in [6.45, 7) is 8.26. The zero-order valence-electron chi connectivity index (χ0n) is 17.2. The van der Waals surface area contributed by atoms with Gasteiger partial charge in [0.25, 0.3) is 0 Å². The van der Waals surface area contributed by atoms with Crippen molar-refractivity contribution in [2.75, 3.05) is 0 Å². The van der Waals surface area contributed by atoms with E-state index in [2.05, 4.69) is 31.2 Å². The molecule has 0 aliphatic heterocycles. The lowest BCUT2D eigenvalue weighted by Gasteiger charge is -2.27. The Morgan fingerprint density at radius 3 is 2.42 bits per heavy atom. The van der Waals surface area contributed by atoms with Crippen LogP contribution in [-0.4, -0.2) is 11.5 Å². The molecule has 1 aliphatic carbocycles. The molecule has 0 saturated heterocycles. The first-order valence-corrected chi connectivity index (χ1v) is 10.6. The van der Waals surface area contributed by atoms with Gasteiger partial charge in [0, 0.05) is 23.5 Å². The average Bonchev–Trinajstić information content (AvgIpc) is 2.64. The fourth-order valence-electron chi connectivity index (χ4n) is 4.06. The average molecular weight is 356 g/mol. The van der Waals surface area contributed by atoms with E-state index in [1.54, 1.807) is 0 Å². The number of unbranched alkanes of at least 4 members (excludes halogenated alkanes) is 1. The lowest BCUT2D eigenvalue weighted by Crippen LogP contribution is -2.24. The second kappa shape index (κ2) is 9.48. The van der Waals surface area contributed by atoms with Gasteiger partial charge in [-0.1, -0.05) is 84.1 Å². The van der Waals surface area contributed by atoms with Crippen LogP contribution >= 0.6 is 0 Å². The van der Waals surface area contributed by atoms with Gasteiger partial charge in [-0.2, -0.15) is 0 Å². The molecule has 144 valence electrons. The normalized spacial score (nSPS) is 17.1. The predicted molar refractivity (Wildman–Crippen MR) is 111 cm³/mol. The maximum Gasteiger partial charge on any atom is 0.138 e. The van der Waals surface area contributed by atoms with Crippen LogP contribution in [0.15, 0.2) is 24.3 Å². The van der Waals surface area contributed by atoms with E-state index in [0.29, 0.717) is 18.1 Å². The van der Waals surface area contributed by atoms with Gasteiger partial charge in [-0.15, -0.1) is 0 Å². The Labute approximate surface area is 160 Å². The second-order valence-corrected chi connectivity index (χ2v) is 9.05. The molecule has 0 bridgehead atoms. The summed E-state index contributed by atoms with van der Waals surface area (Å²) in [6.07, 6.45) is 10.0. The second-order valence-electron chi connectivity index (χ2n) is 9.05. The summed E-state index contributed by atoms with van der Waals surface area (Å²) in [5.74, 6) is 0.967. The van der Waals surface area contributed by atoms with E-state index in [0.717, 1.165) is 43.4 Å². The van der Waals surface area contributed by atoms with Crippen molar-refractivity contribution in [2.24, 2.45) is 11.3 Å². The predicted octanol–water partition coefficient (Wildman–Crippen LogP) is 6.91. The van der Waals surface area contributed by atoms with Crippen molar-refractivity contribution >= 4 is 11.5 Å². The quantitative estimate of drug-likeness (QED) is 0.505. The van der Waals surface area contributed by atoms with Crippen molar-refractivity contribution in [3.05, 3.63) is 35.4 Å². The molecule has 1 fully saturated rings. The van der Waals surface area contributed by atoms with Crippen LogP contribution in [0.4, 0.5) is 0 Å². The third-order valence-corrected chi connectivity index (χ3v) is 5.88. The number of hydrogen-bond donors (Lipinski definition) is 1. The van der Waals surface area contributed by atoms with Gasteiger partial charge in [0.1, 0.15) is 5.78 Å². The van der Waals surface area contributed by atoms with Crippen molar-refractivity contribution in [2.45, 2.75) is 91.4 Å². The van der Waals surface area contributed by atoms with E-state index in [-0.39, 0.29) is 11.3 Å². The number of ketones is 1. The lowest BCUT2D eigenvalue weighted by molar-refractivity contribution is -0.126. The Hall–Kier alpha value is -1.44. The molecule has 1 N–H and O–H groups in total. The minimum atomic E-state index is -0.295. The van der Waals surface area contributed by atoms with E-state index in [4.69, 9.17) is 5.41 Å². The highest BCUT2D eigenvalue weighted by Gasteiger charge is 2.28. The van der Waals surface area contributed by atoms with E-state index in [9.17, 15) is 4.79 Å². The minimum absolute atomic E-state index is 0.238. The Bertz CT molecular complexity index is 605. The van der Waals surface area contributed by atoms with Crippen LogP contribution in [0.1, 0.15) is 103 Å². The largest absolute Gasteiger partial charge is 0.304 e. The molecule has 1 unspecified atom stereocenters. The topological polar surface area (TPSA) is 40.9 Å². The van der Waals surface area contributed by atoms with Crippen LogP contribution in [0.25, 0.3) is 0 Å². The molecule has 2 rings (SSSR count). The van der Waals surface area contributed by atoms with Crippen molar-refractivity contribution < 1.29 is 4.79 Å². The summed E-state index contributed by atoms with van der Waals surface area (Å²) >= 11 is 0. The molecule has 2 heteroatoms. The van der Waals surface area contributed by atoms with E-state index >= 15 is 0 Å². The van der Waals surface area contributed by atoms with Gasteiger partial charge < -0.3 is 5.41 Å². The standard InChI is InChI=1S/C24H37NO/c1-5-6-12-19(17-22(26)24(2,3)4)20-15-10-11-16-21(20)23(25)18-13-8-7-9-14-18/h10-11,15-16,18-19,25H,5-9,12-14,17H2,1-4H3. The highest BCUT2D eigenvalue weighted by Crippen LogP contribution is 2.35. The molecule has 1 aliphatic rings. The Morgan fingerprint density at radius 1 is 1.15 bits per heavy atom. The maximum atomic E-state index is 12.7. The van der Waals surface area contributed by atoms with Crippen LogP contribution < -0.4 is 0 Å². The van der Waals surface area contributed by atoms with Gasteiger partial charge in [-0.3, -0.25) is 4.79 Å². The first-order valence-electron chi connectivity index (χ1n) is 10.6. The van der Waals surface area contributed by atoms with Gasteiger partial charge in [0.2, 0.25) is 0 Å². The summed E-state index contributed by atoms with van der Waals surface area (Å²) in [4.78, 5) is 12.7. The molecule has 0 heterocycles. The Morgan fingerprint density at radius 2 is 1.81 bits per heavy atom. The fourth-order valence-corrected chi connectivity index (χ4v) is 4.06. The first-order chi connectivity index (χ1) is 12.3. The molecule has 1 aromatic carbocycles. The zero-order valence-corrected chi connectivity index (χ0v) is 17.2. The number of nitrogens with one attached hydrogen (secondary N) is 1. The molecule has 0 radical (unpaired) electrons. The van der Waals surface area contributed by atoms with E-state index < -0.39 is 0 Å². The zero-order chi connectivity index (χ0) is 19.2. The van der Waals surface area contributed by atoms with Gasteiger partial charge >= 0.3 is 0 Å². The number of Topliss-reactive ketones (excluding diaryl/α,β-unsaturated/α-hetero) is 1. The summed E-state index contributed by atoms with van der Waals surface area (Å²) < 4.78 is 0. The molecular weight excluding hydrogens is 318 g/mol. The van der Waals surface area contributed by atoms with Gasteiger partial charge in [0.05, 0.1) is 0 Å². The number of carbonyl (C=O) groups excluding carboxylic acids is 1. The minimum Gasteiger partial charge on any atom is -0.304 e. The number of carbonyl (C=O) groups is 1. The Kier molecular flexibility index (Phi) is 7.61. The van der Waals surface area contributed by atoms with Crippen molar-refractivity contribution in [3.63, 3.8) is 0 Å². The van der Waals surface area contributed by atoms with Crippen LogP contribution in [0.5, 0.6) is 0 Å². The molecule has 1 saturated carbocycles. The highest BCUT2D eigenvalue weighted by atomic mass is 16.1.